The molecule has 13 heteroatoms. The van der Waals surface area contributed by atoms with Gasteiger partial charge >= 0.3 is 11.9 Å². The predicted molar refractivity (Wildman–Crippen MR) is 135 cm³/mol. The number of carbonyl (C=O) groups excluding carboxylic acids is 2. The zero-order chi connectivity index (χ0) is 26.2. The van der Waals surface area contributed by atoms with Gasteiger partial charge in [0.15, 0.2) is 5.75 Å². The number of nitrogens with zero attached hydrogens (tertiary/aromatic N) is 2. The van der Waals surface area contributed by atoms with Gasteiger partial charge in [0.2, 0.25) is 5.75 Å². The molecule has 0 aliphatic carbocycles. The van der Waals surface area contributed by atoms with Gasteiger partial charge in [-0.2, -0.15) is 13.2 Å². The van der Waals surface area contributed by atoms with Gasteiger partial charge < -0.3 is 4.74 Å². The van der Waals surface area contributed by atoms with Crippen LogP contribution in [0.3, 0.4) is 0 Å². The van der Waals surface area contributed by atoms with E-state index in [4.69, 9.17) is 4.74 Å². The molecule has 0 bridgehead atoms. The van der Waals surface area contributed by atoms with Crippen LogP contribution in [0.25, 0.3) is 6.08 Å². The molecule has 3 aromatic rings. The fraction of sp³-hybridized carbons (Fsp3) is 0.0435. The van der Waals surface area contributed by atoms with E-state index in [2.05, 4.69) is 31.9 Å². The second-order valence-electron chi connectivity index (χ2n) is 7.21. The Morgan fingerprint density at radius 3 is 2.22 bits per heavy atom. The van der Waals surface area contributed by atoms with Crippen LogP contribution in [0.1, 0.15) is 11.1 Å². The van der Waals surface area contributed by atoms with E-state index in [1.807, 2.05) is 0 Å². The number of thioether (sulfide) groups is 1. The standard InChI is InChI=1S/C23H11Br2F3N2O5S/c24-15-8-12(10-19-21(31)29(22(32)36-19)14-4-2-1-3-5-14)9-16(25)20(15)35-18-7-6-13(23(26,27)28)11-17(18)30(33)34/h1-11H/b19-10+. The molecule has 1 aliphatic heterocycles. The van der Waals surface area contributed by atoms with Crippen molar-refractivity contribution in [2.75, 3.05) is 4.90 Å². The molecule has 1 saturated heterocycles. The third-order valence-corrected chi connectivity index (χ3v) is 6.87. The number of benzene rings is 3. The average molecular weight is 644 g/mol. The van der Waals surface area contributed by atoms with Gasteiger partial charge in [-0.15, -0.1) is 0 Å². The number of hydrogen-bond acceptors (Lipinski definition) is 6. The minimum Gasteiger partial charge on any atom is -0.448 e. The molecule has 2 amide bonds. The van der Waals surface area contributed by atoms with E-state index in [-0.39, 0.29) is 10.7 Å². The molecule has 0 saturated carbocycles. The Kier molecular flexibility index (Phi) is 7.25. The molecule has 184 valence electrons. The van der Waals surface area contributed by atoms with E-state index < -0.39 is 39.2 Å². The third-order valence-electron chi connectivity index (χ3n) is 4.82. The molecule has 1 fully saturated rings. The topological polar surface area (TPSA) is 89.7 Å². The van der Waals surface area contributed by atoms with Gasteiger partial charge in [-0.05, 0) is 91.7 Å². The first-order valence-corrected chi connectivity index (χ1v) is 12.2. The normalized spacial score (nSPS) is 15.0. The van der Waals surface area contributed by atoms with Crippen molar-refractivity contribution < 1.29 is 32.4 Å². The molecule has 0 spiro atoms. The maximum absolute atomic E-state index is 13.0. The number of halogens is 5. The summed E-state index contributed by atoms with van der Waals surface area (Å²) in [5.74, 6) is -0.831. The highest BCUT2D eigenvalue weighted by atomic mass is 79.9. The van der Waals surface area contributed by atoms with E-state index in [1.54, 1.807) is 30.3 Å². The molecule has 4 rings (SSSR count). The number of carbonyl (C=O) groups is 2. The van der Waals surface area contributed by atoms with Crippen LogP contribution < -0.4 is 9.64 Å². The number of ether oxygens (including phenoxy) is 1. The zero-order valence-corrected chi connectivity index (χ0v) is 21.6. The number of imide groups is 1. The first-order chi connectivity index (χ1) is 17.0. The molecule has 0 radical (unpaired) electrons. The summed E-state index contributed by atoms with van der Waals surface area (Å²) in [6, 6.07) is 13.5. The Morgan fingerprint density at radius 1 is 1.00 bits per heavy atom. The summed E-state index contributed by atoms with van der Waals surface area (Å²) in [6.07, 6.45) is -3.26. The lowest BCUT2D eigenvalue weighted by atomic mass is 10.1. The largest absolute Gasteiger partial charge is 0.448 e. The minimum absolute atomic E-state index is 0.0624. The van der Waals surface area contributed by atoms with Crippen LogP contribution in [0.2, 0.25) is 0 Å². The summed E-state index contributed by atoms with van der Waals surface area (Å²) < 4.78 is 45.1. The molecule has 1 aliphatic rings. The highest BCUT2D eigenvalue weighted by Gasteiger charge is 2.36. The highest BCUT2D eigenvalue weighted by Crippen LogP contribution is 2.43. The Bertz CT molecular complexity index is 1410. The number of rotatable bonds is 5. The Morgan fingerprint density at radius 2 is 1.64 bits per heavy atom. The summed E-state index contributed by atoms with van der Waals surface area (Å²) in [7, 11) is 0. The SMILES string of the molecule is O=C1S/C(=C/c2cc(Br)c(Oc3ccc(C(F)(F)F)cc3[N+](=O)[O-])c(Br)c2)C(=O)N1c1ccccc1. The molecular weight excluding hydrogens is 633 g/mol. The number of para-hydroxylation sites is 1. The maximum atomic E-state index is 13.0. The maximum Gasteiger partial charge on any atom is 0.416 e. The quantitative estimate of drug-likeness (QED) is 0.158. The van der Waals surface area contributed by atoms with Gasteiger partial charge in [0.25, 0.3) is 11.1 Å². The van der Waals surface area contributed by atoms with E-state index in [9.17, 15) is 32.9 Å². The van der Waals surface area contributed by atoms with Crippen LogP contribution >= 0.6 is 43.6 Å². The van der Waals surface area contributed by atoms with Crippen LogP contribution in [-0.2, 0) is 11.0 Å². The van der Waals surface area contributed by atoms with E-state index in [1.165, 1.54) is 18.2 Å². The number of alkyl halides is 3. The van der Waals surface area contributed by atoms with Crippen LogP contribution in [-0.4, -0.2) is 16.1 Å². The van der Waals surface area contributed by atoms with Crippen molar-refractivity contribution in [3.8, 4) is 11.5 Å². The monoisotopic (exact) mass is 642 g/mol. The number of anilines is 1. The van der Waals surface area contributed by atoms with E-state index in [0.717, 1.165) is 22.7 Å². The van der Waals surface area contributed by atoms with Crippen molar-refractivity contribution in [3.05, 3.63) is 95.8 Å². The summed E-state index contributed by atoms with van der Waals surface area (Å²) in [5.41, 5.74) is -1.11. The van der Waals surface area contributed by atoms with Gasteiger partial charge in [-0.1, -0.05) is 18.2 Å². The first-order valence-electron chi connectivity index (χ1n) is 9.81. The van der Waals surface area contributed by atoms with Crippen molar-refractivity contribution in [1.82, 2.24) is 0 Å². The molecule has 0 aromatic heterocycles. The fourth-order valence-corrected chi connectivity index (χ4v) is 5.44. The molecule has 0 N–H and O–H groups in total. The second kappa shape index (κ2) is 10.1. The summed E-state index contributed by atoms with van der Waals surface area (Å²) >= 11 is 7.34. The highest BCUT2D eigenvalue weighted by molar-refractivity contribution is 9.11. The van der Waals surface area contributed by atoms with Crippen LogP contribution in [0.4, 0.5) is 29.3 Å². The summed E-state index contributed by atoms with van der Waals surface area (Å²) in [6.45, 7) is 0. The molecule has 3 aromatic carbocycles. The Labute approximate surface area is 222 Å². The van der Waals surface area contributed by atoms with Crippen molar-refractivity contribution >= 4 is 72.2 Å². The van der Waals surface area contributed by atoms with Gasteiger partial charge in [-0.25, -0.2) is 4.90 Å². The lowest BCUT2D eigenvalue weighted by Gasteiger charge is -2.13. The number of hydrogen-bond donors (Lipinski definition) is 0. The third kappa shape index (κ3) is 5.32. The Hall–Kier alpha value is -3.16. The number of amides is 2. The summed E-state index contributed by atoms with van der Waals surface area (Å²) in [5, 5.41) is 10.9. The average Bonchev–Trinajstić information content (AvgIpc) is 3.08. The van der Waals surface area contributed by atoms with Crippen molar-refractivity contribution in [3.63, 3.8) is 0 Å². The minimum atomic E-state index is -4.76. The van der Waals surface area contributed by atoms with Gasteiger partial charge in [0.1, 0.15) is 0 Å². The molecule has 7 nitrogen and oxygen atoms in total. The predicted octanol–water partition coefficient (Wildman–Crippen LogP) is 8.17. The van der Waals surface area contributed by atoms with Crippen LogP contribution in [0.5, 0.6) is 11.5 Å². The van der Waals surface area contributed by atoms with Crippen LogP contribution in [0, 0.1) is 10.1 Å². The molecule has 1 heterocycles. The van der Waals surface area contributed by atoms with Gasteiger partial charge in [0, 0.05) is 6.07 Å². The lowest BCUT2D eigenvalue weighted by molar-refractivity contribution is -0.385. The van der Waals surface area contributed by atoms with E-state index >= 15 is 0 Å². The number of nitro groups is 1. The van der Waals surface area contributed by atoms with Crippen molar-refractivity contribution in [2.45, 2.75) is 6.18 Å². The zero-order valence-electron chi connectivity index (χ0n) is 17.6. The summed E-state index contributed by atoms with van der Waals surface area (Å²) in [4.78, 5) is 36.9. The van der Waals surface area contributed by atoms with Gasteiger partial charge in [0.05, 0.1) is 30.0 Å². The fourth-order valence-electron chi connectivity index (χ4n) is 3.21. The molecule has 0 atom stereocenters. The molecular formula is C23H11Br2F3N2O5S. The van der Waals surface area contributed by atoms with Crippen molar-refractivity contribution in [2.24, 2.45) is 0 Å². The smallest absolute Gasteiger partial charge is 0.416 e. The van der Waals surface area contributed by atoms with Crippen molar-refractivity contribution in [1.29, 1.82) is 0 Å². The molecule has 0 unspecified atom stereocenters. The first kappa shape index (κ1) is 25.9. The lowest BCUT2D eigenvalue weighted by Crippen LogP contribution is -2.27. The van der Waals surface area contributed by atoms with Crippen LogP contribution in [0.15, 0.2) is 74.5 Å². The second-order valence-corrected chi connectivity index (χ2v) is 9.91. The number of nitro benzene ring substituents is 1. The van der Waals surface area contributed by atoms with Gasteiger partial charge in [-0.3, -0.25) is 19.7 Å². The van der Waals surface area contributed by atoms with E-state index in [0.29, 0.717) is 32.3 Å². The molecule has 36 heavy (non-hydrogen) atoms. The Balaban J connectivity index is 1.64.